The highest BCUT2D eigenvalue weighted by molar-refractivity contribution is 6.32. The Bertz CT molecular complexity index is 5510. The number of amidine groups is 2. The standard InChI is InChI=1S/C47H47Cl2N7O5.C45H44Cl2N6O4/c1-27-25-31(47(3,4)5)14-19-34(27)42-52-40(29-10-15-32(48)16-11-29)41(30-12-17-33(49)18-13-30)56(42)46(61)54-23-21-53(22-24-54)38(57)26-50-36-8-6-7-35-39(36)45(60)55(44(35)59)37-20-9-28(2)51-43(37)58;1-26-25-30(45(3,4)5)13-18-33(26)41-49-39(28-9-14-31(46)15-10-28)40(29-11-16-32(47)17-12-29)53(41)44(57)51-23-21-50(22-24-51)36-8-6-7-34-38(36)43(56)52(42(34)55)35-19-20-37(54)48-27(35)2/h6-8,10-19,25,37,40-41,50H,2,9,20-24,26H2,1,3-5H3,(H,51,58);6-18,25,35,39-40H,2,19-24H2,1,3-5H3,(H,48,54)/t37?,40-,41+;35?,39-,40+/m00/s1. The molecule has 0 aromatic heterocycles. The maximum Gasteiger partial charge on any atom is 0.326 e. The molecule has 26 heteroatoms. The van der Waals surface area contributed by atoms with Gasteiger partial charge in [0.25, 0.3) is 23.6 Å². The number of fused-ring (bicyclic) bond motifs is 2. The number of carbonyl (C=O) groups excluding carboxylic acids is 9. The lowest BCUT2D eigenvalue weighted by Gasteiger charge is -2.40. The third kappa shape index (κ3) is 15.9. The van der Waals surface area contributed by atoms with E-state index in [0.717, 1.165) is 49.4 Å². The number of rotatable bonds is 12. The number of benzene rings is 8. The second-order valence-electron chi connectivity index (χ2n) is 33.1. The first-order valence-electron chi connectivity index (χ1n) is 39.6. The zero-order valence-electron chi connectivity index (χ0n) is 66.9. The number of anilines is 2. The SMILES string of the molecule is C=C1CCC(N2C(=O)c3cccc(NCC(=O)N4CCN(C(=O)N5C(c6ccc(C(C)(C)C)cc6C)=N[C@@H](c6ccc(Cl)cc6)[C@H]5c5ccc(Cl)cc5)CC4)c3C2=O)C(=O)N1.C=C1NC(=O)CCC1N1C(=O)c2cccc(N3CCN(C(=O)N4C(c5ccc(C(C)(C)C)cc5C)=N[C@@H](c5ccc(Cl)cc5)[C@H]4c4ccc(Cl)cc4)CC3)c2C1=O. The molecule has 16 rings (SSSR count). The van der Waals surface area contributed by atoms with Gasteiger partial charge < -0.3 is 35.6 Å². The van der Waals surface area contributed by atoms with Crippen LogP contribution in [0.5, 0.6) is 0 Å². The van der Waals surface area contributed by atoms with Crippen LogP contribution in [0.25, 0.3) is 0 Å². The van der Waals surface area contributed by atoms with Crippen LogP contribution in [0, 0.1) is 13.8 Å². The van der Waals surface area contributed by atoms with E-state index in [1.165, 1.54) is 16.0 Å². The molecule has 118 heavy (non-hydrogen) atoms. The number of hydrogen-bond donors (Lipinski definition) is 3. The van der Waals surface area contributed by atoms with E-state index in [2.05, 4.69) is 119 Å². The molecule has 11 amide bonds. The minimum Gasteiger partial charge on any atom is -0.375 e. The molecule has 8 aliphatic heterocycles. The second-order valence-corrected chi connectivity index (χ2v) is 34.9. The summed E-state index contributed by atoms with van der Waals surface area (Å²) >= 11 is 25.4. The van der Waals surface area contributed by atoms with Crippen molar-refractivity contribution in [2.45, 2.75) is 128 Å². The number of amides is 11. The third-order valence-corrected chi connectivity index (χ3v) is 24.5. The average Bonchev–Trinajstić information content (AvgIpc) is 1.61. The van der Waals surface area contributed by atoms with Crippen LogP contribution in [0.2, 0.25) is 20.1 Å². The van der Waals surface area contributed by atoms with E-state index in [4.69, 9.17) is 56.4 Å². The Morgan fingerprint density at radius 1 is 0.466 bits per heavy atom. The van der Waals surface area contributed by atoms with Gasteiger partial charge in [0, 0.05) is 107 Å². The normalized spacial score (nSPS) is 20.8. The second kappa shape index (κ2) is 32.8. The monoisotopic (exact) mass is 1660 g/mol. The van der Waals surface area contributed by atoms with E-state index in [1.54, 1.807) is 45.0 Å². The van der Waals surface area contributed by atoms with Gasteiger partial charge >= 0.3 is 12.1 Å². The lowest BCUT2D eigenvalue weighted by atomic mass is 9.85. The van der Waals surface area contributed by atoms with Crippen molar-refractivity contribution < 1.29 is 43.2 Å². The molecule has 22 nitrogen and oxygen atoms in total. The number of imide groups is 2. The molecule has 0 spiro atoms. The molecule has 0 radical (unpaired) electrons. The Balaban J connectivity index is 0.000000185. The van der Waals surface area contributed by atoms with Gasteiger partial charge in [-0.25, -0.2) is 9.59 Å². The summed E-state index contributed by atoms with van der Waals surface area (Å²) < 4.78 is 0. The first kappa shape index (κ1) is 81.7. The Labute approximate surface area is 706 Å². The number of piperazine rings is 2. The zero-order chi connectivity index (χ0) is 83.7. The topological polar surface area (TPSA) is 240 Å². The van der Waals surface area contributed by atoms with Crippen LogP contribution >= 0.6 is 46.4 Å². The van der Waals surface area contributed by atoms with Crippen LogP contribution in [-0.4, -0.2) is 170 Å². The lowest BCUT2D eigenvalue weighted by molar-refractivity contribution is -0.130. The summed E-state index contributed by atoms with van der Waals surface area (Å²) in [6, 6.07) is 49.2. The number of aryl methyl sites for hydroxylation is 2. The van der Waals surface area contributed by atoms with Crippen molar-refractivity contribution in [3.63, 3.8) is 0 Å². The van der Waals surface area contributed by atoms with Gasteiger partial charge in [-0.2, -0.15) is 0 Å². The predicted octanol–water partition coefficient (Wildman–Crippen LogP) is 16.4. The molecule has 8 aliphatic rings. The highest BCUT2D eigenvalue weighted by Crippen LogP contribution is 2.49. The van der Waals surface area contributed by atoms with Crippen LogP contribution in [-0.2, 0) is 25.2 Å². The number of aliphatic imine (C=N–C) groups is 2. The van der Waals surface area contributed by atoms with Gasteiger partial charge in [0.05, 0.1) is 52.6 Å². The van der Waals surface area contributed by atoms with Gasteiger partial charge in [-0.1, -0.05) is 198 Å². The lowest BCUT2D eigenvalue weighted by Crippen LogP contribution is -2.55. The molecular formula is C92H91Cl4N13O9. The van der Waals surface area contributed by atoms with E-state index in [9.17, 15) is 33.6 Å². The van der Waals surface area contributed by atoms with E-state index in [-0.39, 0.29) is 91.4 Å². The van der Waals surface area contributed by atoms with Crippen molar-refractivity contribution in [2.24, 2.45) is 9.98 Å². The van der Waals surface area contributed by atoms with Gasteiger partial charge in [-0.3, -0.25) is 63.1 Å². The number of nitrogens with zero attached hydrogens (tertiary/aromatic N) is 10. The molecule has 0 aliphatic carbocycles. The molecule has 2 unspecified atom stereocenters. The van der Waals surface area contributed by atoms with Crippen LogP contribution in [0.4, 0.5) is 21.0 Å². The quantitative estimate of drug-likeness (QED) is 0.0972. The molecule has 0 saturated carbocycles. The average molecular weight is 1660 g/mol. The number of piperidine rings is 2. The fraction of sp³-hybridized carbons (Fsp3) is 0.315. The van der Waals surface area contributed by atoms with Gasteiger partial charge in [-0.15, -0.1) is 0 Å². The van der Waals surface area contributed by atoms with Gasteiger partial charge in [-0.05, 0) is 161 Å². The Morgan fingerprint density at radius 2 is 0.881 bits per heavy atom. The summed E-state index contributed by atoms with van der Waals surface area (Å²) in [6.45, 7) is 27.4. The third-order valence-electron chi connectivity index (χ3n) is 23.4. The van der Waals surface area contributed by atoms with Crippen LogP contribution in [0.3, 0.4) is 0 Å². The highest BCUT2D eigenvalue weighted by Gasteiger charge is 2.50. The smallest absolute Gasteiger partial charge is 0.326 e. The molecule has 0 bridgehead atoms. The van der Waals surface area contributed by atoms with E-state index >= 15 is 9.59 Å². The minimum absolute atomic E-state index is 0.0647. The number of allylic oxidation sites excluding steroid dienone is 1. The van der Waals surface area contributed by atoms with Crippen molar-refractivity contribution in [1.82, 2.24) is 44.9 Å². The van der Waals surface area contributed by atoms with E-state index < -0.39 is 65.8 Å². The number of nitrogens with one attached hydrogen (secondary N) is 3. The molecule has 4 saturated heterocycles. The van der Waals surface area contributed by atoms with Crippen molar-refractivity contribution >= 4 is 123 Å². The summed E-state index contributed by atoms with van der Waals surface area (Å²) in [5.74, 6) is -1.66. The van der Waals surface area contributed by atoms with E-state index in [0.29, 0.717) is 105 Å². The first-order valence-corrected chi connectivity index (χ1v) is 41.2. The van der Waals surface area contributed by atoms with Gasteiger partial charge in [0.2, 0.25) is 17.7 Å². The minimum atomic E-state index is -0.947. The van der Waals surface area contributed by atoms with Crippen LogP contribution in [0.1, 0.15) is 188 Å². The van der Waals surface area contributed by atoms with Crippen molar-refractivity contribution in [3.05, 3.63) is 292 Å². The van der Waals surface area contributed by atoms with Gasteiger partial charge in [0.15, 0.2) is 0 Å². The van der Waals surface area contributed by atoms with Crippen LogP contribution in [0.15, 0.2) is 204 Å². The highest BCUT2D eigenvalue weighted by atomic mass is 35.5. The summed E-state index contributed by atoms with van der Waals surface area (Å²) in [4.78, 5) is 147. The molecule has 8 aromatic rings. The molecular weight excluding hydrogens is 1570 g/mol. The van der Waals surface area contributed by atoms with Crippen LogP contribution < -0.4 is 20.9 Å². The fourth-order valence-corrected chi connectivity index (χ4v) is 17.5. The maximum atomic E-state index is 15.2. The summed E-state index contributed by atoms with van der Waals surface area (Å²) in [6.07, 6.45) is 1.26. The summed E-state index contributed by atoms with van der Waals surface area (Å²) in [5, 5.41) is 10.8. The van der Waals surface area contributed by atoms with Gasteiger partial charge in [0.1, 0.15) is 29.8 Å². The zero-order valence-corrected chi connectivity index (χ0v) is 69.9. The van der Waals surface area contributed by atoms with Crippen molar-refractivity contribution in [1.29, 1.82) is 0 Å². The Hall–Kier alpha value is -11.4. The Morgan fingerprint density at radius 3 is 1.33 bits per heavy atom. The summed E-state index contributed by atoms with van der Waals surface area (Å²) in [5.41, 5.74) is 12.3. The molecule has 6 atom stereocenters. The maximum absolute atomic E-state index is 15.2. The largest absolute Gasteiger partial charge is 0.375 e. The summed E-state index contributed by atoms with van der Waals surface area (Å²) in [7, 11) is 0. The number of hydrogen-bond acceptors (Lipinski definition) is 13. The molecule has 3 N–H and O–H groups in total. The number of urea groups is 2. The first-order chi connectivity index (χ1) is 56.3. The number of carbonyl (C=O) groups is 9. The van der Waals surface area contributed by atoms with Crippen molar-refractivity contribution in [3.8, 4) is 0 Å². The molecule has 8 heterocycles. The fourth-order valence-electron chi connectivity index (χ4n) is 17.0. The molecule has 4 fully saturated rings. The van der Waals surface area contributed by atoms with E-state index in [1.807, 2.05) is 120 Å². The Kier molecular flexibility index (Phi) is 22.7. The molecule has 8 aromatic carbocycles. The number of halogens is 4. The molecule has 606 valence electrons. The van der Waals surface area contributed by atoms with Crippen molar-refractivity contribution in [2.75, 3.05) is 69.1 Å². The predicted molar refractivity (Wildman–Crippen MR) is 459 cm³/mol.